The van der Waals surface area contributed by atoms with Crippen molar-refractivity contribution in [3.8, 4) is 17.2 Å². The first-order chi connectivity index (χ1) is 13.5. The van der Waals surface area contributed by atoms with Crippen LogP contribution >= 0.6 is 23.2 Å². The predicted octanol–water partition coefficient (Wildman–Crippen LogP) is 5.43. The molecule has 1 amide bonds. The molecule has 3 aromatic rings. The SMILES string of the molecule is COc1ccc(NC(=O)c2ccc(COc3cc(Cl)ccc3Cl)o2)c(OC)c1. The third-order valence-electron chi connectivity index (χ3n) is 3.81. The smallest absolute Gasteiger partial charge is 0.291 e. The van der Waals surface area contributed by atoms with Gasteiger partial charge in [-0.3, -0.25) is 4.79 Å². The topological polar surface area (TPSA) is 69.9 Å². The molecule has 6 nitrogen and oxygen atoms in total. The van der Waals surface area contributed by atoms with Gasteiger partial charge in [0.25, 0.3) is 5.91 Å². The van der Waals surface area contributed by atoms with Crippen molar-refractivity contribution in [3.05, 3.63) is 70.1 Å². The monoisotopic (exact) mass is 421 g/mol. The molecule has 0 saturated heterocycles. The molecule has 0 saturated carbocycles. The van der Waals surface area contributed by atoms with Crippen molar-refractivity contribution in [2.24, 2.45) is 0 Å². The number of methoxy groups -OCH3 is 2. The number of carbonyl (C=O) groups excluding carboxylic acids is 1. The van der Waals surface area contributed by atoms with Gasteiger partial charge in [-0.15, -0.1) is 0 Å². The average Bonchev–Trinajstić information content (AvgIpc) is 3.18. The summed E-state index contributed by atoms with van der Waals surface area (Å²) in [6.07, 6.45) is 0. The molecule has 0 bridgehead atoms. The highest BCUT2D eigenvalue weighted by Gasteiger charge is 2.15. The highest BCUT2D eigenvalue weighted by atomic mass is 35.5. The van der Waals surface area contributed by atoms with Gasteiger partial charge in [-0.1, -0.05) is 23.2 Å². The number of hydrogen-bond acceptors (Lipinski definition) is 5. The third-order valence-corrected chi connectivity index (χ3v) is 4.35. The van der Waals surface area contributed by atoms with Gasteiger partial charge in [0.05, 0.1) is 24.9 Å². The summed E-state index contributed by atoms with van der Waals surface area (Å²) < 4.78 is 21.6. The van der Waals surface area contributed by atoms with Crippen LogP contribution in [0.3, 0.4) is 0 Å². The molecule has 2 aromatic carbocycles. The number of nitrogens with one attached hydrogen (secondary N) is 1. The van der Waals surface area contributed by atoms with Gasteiger partial charge in [-0.25, -0.2) is 0 Å². The maximum Gasteiger partial charge on any atom is 0.291 e. The molecule has 1 aromatic heterocycles. The van der Waals surface area contributed by atoms with Gasteiger partial charge < -0.3 is 23.9 Å². The summed E-state index contributed by atoms with van der Waals surface area (Å²) in [4.78, 5) is 12.5. The van der Waals surface area contributed by atoms with Crippen LogP contribution in [0, 0.1) is 0 Å². The summed E-state index contributed by atoms with van der Waals surface area (Å²) in [5, 5.41) is 3.68. The molecule has 0 atom stereocenters. The molecule has 146 valence electrons. The Hall–Kier alpha value is -2.83. The van der Waals surface area contributed by atoms with Gasteiger partial charge in [0.1, 0.15) is 29.6 Å². The molecule has 0 fully saturated rings. The molecule has 8 heteroatoms. The summed E-state index contributed by atoms with van der Waals surface area (Å²) in [7, 11) is 3.06. The van der Waals surface area contributed by atoms with Gasteiger partial charge in [-0.05, 0) is 36.4 Å². The summed E-state index contributed by atoms with van der Waals surface area (Å²) in [5.74, 6) is 1.69. The number of hydrogen-bond donors (Lipinski definition) is 1. The maximum absolute atomic E-state index is 12.5. The standard InChI is InChI=1S/C20H17Cl2NO5/c1-25-13-4-7-16(19(10-13)26-2)23-20(24)17-8-5-14(28-17)11-27-18-9-12(21)3-6-15(18)22/h3-10H,11H2,1-2H3,(H,23,24). The zero-order valence-electron chi connectivity index (χ0n) is 15.1. The lowest BCUT2D eigenvalue weighted by Gasteiger charge is -2.10. The van der Waals surface area contributed by atoms with Crippen molar-refractivity contribution in [2.45, 2.75) is 6.61 Å². The number of ether oxygens (including phenoxy) is 3. The van der Waals surface area contributed by atoms with Crippen molar-refractivity contribution < 1.29 is 23.4 Å². The van der Waals surface area contributed by atoms with Gasteiger partial charge in [0.2, 0.25) is 0 Å². The fourth-order valence-corrected chi connectivity index (χ4v) is 2.73. The number of furan rings is 1. The lowest BCUT2D eigenvalue weighted by atomic mass is 10.2. The van der Waals surface area contributed by atoms with Gasteiger partial charge in [0.15, 0.2) is 5.76 Å². The van der Waals surface area contributed by atoms with Crippen LogP contribution in [0.5, 0.6) is 17.2 Å². The Morgan fingerprint density at radius 2 is 1.82 bits per heavy atom. The predicted molar refractivity (Wildman–Crippen MR) is 107 cm³/mol. The minimum absolute atomic E-state index is 0.0964. The molecule has 1 N–H and O–H groups in total. The number of anilines is 1. The number of carbonyl (C=O) groups is 1. The maximum atomic E-state index is 12.5. The highest BCUT2D eigenvalue weighted by Crippen LogP contribution is 2.30. The molecule has 3 rings (SSSR count). The summed E-state index contributed by atoms with van der Waals surface area (Å²) in [6, 6.07) is 13.2. The van der Waals surface area contributed by atoms with E-state index in [1.165, 1.54) is 7.11 Å². The van der Waals surface area contributed by atoms with E-state index in [1.807, 2.05) is 0 Å². The van der Waals surface area contributed by atoms with E-state index in [1.54, 1.807) is 55.6 Å². The van der Waals surface area contributed by atoms with Crippen LogP contribution in [0.15, 0.2) is 52.9 Å². The van der Waals surface area contributed by atoms with Crippen molar-refractivity contribution in [2.75, 3.05) is 19.5 Å². The second kappa shape index (κ2) is 8.91. The lowest BCUT2D eigenvalue weighted by Crippen LogP contribution is -2.11. The molecule has 0 radical (unpaired) electrons. The minimum atomic E-state index is -0.421. The van der Waals surface area contributed by atoms with Crippen molar-refractivity contribution in [3.63, 3.8) is 0 Å². The van der Waals surface area contributed by atoms with E-state index in [2.05, 4.69) is 5.32 Å². The van der Waals surface area contributed by atoms with E-state index in [-0.39, 0.29) is 12.4 Å². The lowest BCUT2D eigenvalue weighted by molar-refractivity contribution is 0.0992. The molecular formula is C20H17Cl2NO5. The largest absolute Gasteiger partial charge is 0.497 e. The highest BCUT2D eigenvalue weighted by molar-refractivity contribution is 6.34. The summed E-state index contributed by atoms with van der Waals surface area (Å²) in [5.41, 5.74) is 0.494. The number of amides is 1. The van der Waals surface area contributed by atoms with Crippen LogP contribution < -0.4 is 19.5 Å². The van der Waals surface area contributed by atoms with Crippen LogP contribution in [0.4, 0.5) is 5.69 Å². The quantitative estimate of drug-likeness (QED) is 0.550. The van der Waals surface area contributed by atoms with Crippen LogP contribution in [0.25, 0.3) is 0 Å². The summed E-state index contributed by atoms with van der Waals surface area (Å²) >= 11 is 12.0. The Bertz CT molecular complexity index is 986. The van der Waals surface area contributed by atoms with Crippen LogP contribution in [-0.4, -0.2) is 20.1 Å². The molecule has 1 heterocycles. The Balaban J connectivity index is 1.66. The molecule has 0 spiro atoms. The van der Waals surface area contributed by atoms with Gasteiger partial charge >= 0.3 is 0 Å². The molecule has 0 aliphatic carbocycles. The van der Waals surface area contributed by atoms with Crippen molar-refractivity contribution >= 4 is 34.8 Å². The first kappa shape index (κ1) is 19.9. The van der Waals surface area contributed by atoms with E-state index >= 15 is 0 Å². The Labute approximate surface area is 171 Å². The Kier molecular flexibility index (Phi) is 6.34. The number of benzene rings is 2. The van der Waals surface area contributed by atoms with E-state index in [0.717, 1.165) is 0 Å². The molecule has 0 aliphatic heterocycles. The Morgan fingerprint density at radius 1 is 1.00 bits per heavy atom. The van der Waals surface area contributed by atoms with Crippen LogP contribution in [-0.2, 0) is 6.61 Å². The molecule has 28 heavy (non-hydrogen) atoms. The minimum Gasteiger partial charge on any atom is -0.497 e. The van der Waals surface area contributed by atoms with Crippen LogP contribution in [0.2, 0.25) is 10.0 Å². The molecular weight excluding hydrogens is 405 g/mol. The van der Waals surface area contributed by atoms with E-state index in [4.69, 9.17) is 41.8 Å². The number of rotatable bonds is 7. The van der Waals surface area contributed by atoms with Crippen molar-refractivity contribution in [1.82, 2.24) is 0 Å². The van der Waals surface area contributed by atoms with Gasteiger partial charge in [0, 0.05) is 17.2 Å². The fraction of sp³-hybridized carbons (Fsp3) is 0.150. The molecule has 0 aliphatic rings. The zero-order chi connectivity index (χ0) is 20.1. The fourth-order valence-electron chi connectivity index (χ4n) is 2.40. The van der Waals surface area contributed by atoms with E-state index in [9.17, 15) is 4.79 Å². The second-order valence-electron chi connectivity index (χ2n) is 5.65. The third kappa shape index (κ3) is 4.71. The zero-order valence-corrected chi connectivity index (χ0v) is 16.6. The summed E-state index contributed by atoms with van der Waals surface area (Å²) in [6.45, 7) is 0.0964. The average molecular weight is 422 g/mol. The molecule has 0 unspecified atom stereocenters. The van der Waals surface area contributed by atoms with Gasteiger partial charge in [-0.2, -0.15) is 0 Å². The second-order valence-corrected chi connectivity index (χ2v) is 6.49. The van der Waals surface area contributed by atoms with Crippen molar-refractivity contribution in [1.29, 1.82) is 0 Å². The first-order valence-corrected chi connectivity index (χ1v) is 8.95. The Morgan fingerprint density at radius 3 is 2.57 bits per heavy atom. The van der Waals surface area contributed by atoms with E-state index in [0.29, 0.717) is 38.7 Å². The first-order valence-electron chi connectivity index (χ1n) is 8.20. The number of halogens is 2. The van der Waals surface area contributed by atoms with Crippen LogP contribution in [0.1, 0.15) is 16.3 Å². The normalized spacial score (nSPS) is 10.4. The van der Waals surface area contributed by atoms with E-state index < -0.39 is 5.91 Å².